The molecule has 1 atom stereocenters. The van der Waals surface area contributed by atoms with Crippen molar-refractivity contribution in [2.45, 2.75) is 20.0 Å². The van der Waals surface area contributed by atoms with E-state index in [1.807, 2.05) is 19.0 Å². The van der Waals surface area contributed by atoms with E-state index in [2.05, 4.69) is 24.1 Å². The topological polar surface area (TPSA) is 35.6 Å². The molecule has 4 heteroatoms. The second-order valence-corrected chi connectivity index (χ2v) is 4.46. The van der Waals surface area contributed by atoms with Crippen LogP contribution in [-0.4, -0.2) is 55.6 Å². The van der Waals surface area contributed by atoms with Gasteiger partial charge in [0.2, 0.25) is 5.91 Å². The van der Waals surface area contributed by atoms with Crippen LogP contribution < -0.4 is 5.32 Å². The lowest BCUT2D eigenvalue weighted by Crippen LogP contribution is -2.44. The summed E-state index contributed by atoms with van der Waals surface area (Å²) < 4.78 is 0. The number of nitrogens with one attached hydrogen (secondary N) is 1. The molecule has 1 rings (SSSR count). The van der Waals surface area contributed by atoms with Crippen molar-refractivity contribution >= 4 is 5.91 Å². The molecule has 14 heavy (non-hydrogen) atoms. The van der Waals surface area contributed by atoms with Crippen LogP contribution in [0.15, 0.2) is 0 Å². The molecular weight excluding hydrogens is 178 g/mol. The van der Waals surface area contributed by atoms with E-state index in [0.29, 0.717) is 12.5 Å². The Labute approximate surface area is 86.2 Å². The standard InChI is InChI=1S/C10H21N3O/c1-8(2)10-11-7-9(14)13(10)6-5-12(3)4/h8,10-11H,5-7H2,1-4H3. The van der Waals surface area contributed by atoms with Gasteiger partial charge in [0, 0.05) is 13.1 Å². The molecule has 0 saturated carbocycles. The summed E-state index contributed by atoms with van der Waals surface area (Å²) in [5, 5.41) is 3.24. The second kappa shape index (κ2) is 4.75. The third-order valence-electron chi connectivity index (χ3n) is 2.54. The van der Waals surface area contributed by atoms with Gasteiger partial charge in [-0.2, -0.15) is 0 Å². The zero-order valence-corrected chi connectivity index (χ0v) is 9.58. The van der Waals surface area contributed by atoms with Crippen LogP contribution in [-0.2, 0) is 4.79 Å². The van der Waals surface area contributed by atoms with Crippen LogP contribution in [0.4, 0.5) is 0 Å². The molecule has 1 saturated heterocycles. The van der Waals surface area contributed by atoms with Gasteiger partial charge in [-0.25, -0.2) is 0 Å². The van der Waals surface area contributed by atoms with Gasteiger partial charge < -0.3 is 9.80 Å². The first-order valence-electron chi connectivity index (χ1n) is 5.20. The van der Waals surface area contributed by atoms with Crippen LogP contribution >= 0.6 is 0 Å². The molecule has 0 aromatic heterocycles. The Hall–Kier alpha value is -0.610. The molecule has 0 bridgehead atoms. The second-order valence-electron chi connectivity index (χ2n) is 4.46. The molecule has 4 nitrogen and oxygen atoms in total. The van der Waals surface area contributed by atoms with Gasteiger partial charge in [-0.05, 0) is 20.0 Å². The van der Waals surface area contributed by atoms with Crippen molar-refractivity contribution in [1.82, 2.24) is 15.1 Å². The molecule has 1 N–H and O–H groups in total. The third-order valence-corrected chi connectivity index (χ3v) is 2.54. The van der Waals surface area contributed by atoms with Gasteiger partial charge in [-0.1, -0.05) is 13.8 Å². The zero-order chi connectivity index (χ0) is 10.7. The number of carbonyl (C=O) groups excluding carboxylic acids is 1. The summed E-state index contributed by atoms with van der Waals surface area (Å²) in [4.78, 5) is 15.6. The fourth-order valence-electron chi connectivity index (χ4n) is 1.73. The van der Waals surface area contributed by atoms with Crippen LogP contribution in [0.1, 0.15) is 13.8 Å². The van der Waals surface area contributed by atoms with Crippen LogP contribution in [0.5, 0.6) is 0 Å². The highest BCUT2D eigenvalue weighted by Gasteiger charge is 2.31. The van der Waals surface area contributed by atoms with Crippen molar-refractivity contribution in [3.05, 3.63) is 0 Å². The van der Waals surface area contributed by atoms with E-state index >= 15 is 0 Å². The minimum absolute atomic E-state index is 0.224. The minimum Gasteiger partial charge on any atom is -0.325 e. The van der Waals surface area contributed by atoms with E-state index in [1.54, 1.807) is 0 Å². The summed E-state index contributed by atoms with van der Waals surface area (Å²) in [6.07, 6.45) is 0.224. The van der Waals surface area contributed by atoms with Crippen molar-refractivity contribution in [3.8, 4) is 0 Å². The molecule has 82 valence electrons. The predicted octanol–water partition coefficient (Wildman–Crippen LogP) is -0.0381. The van der Waals surface area contributed by atoms with Gasteiger partial charge in [0.15, 0.2) is 0 Å². The van der Waals surface area contributed by atoms with Gasteiger partial charge >= 0.3 is 0 Å². The molecule has 0 aromatic carbocycles. The van der Waals surface area contributed by atoms with Gasteiger partial charge in [0.25, 0.3) is 0 Å². The van der Waals surface area contributed by atoms with Crippen molar-refractivity contribution in [3.63, 3.8) is 0 Å². The maximum atomic E-state index is 11.5. The lowest BCUT2D eigenvalue weighted by molar-refractivity contribution is -0.128. The maximum absolute atomic E-state index is 11.5. The average Bonchev–Trinajstić information content (AvgIpc) is 2.43. The average molecular weight is 199 g/mol. The summed E-state index contributed by atoms with van der Waals surface area (Å²) in [5.41, 5.74) is 0. The highest BCUT2D eigenvalue weighted by Crippen LogP contribution is 2.12. The van der Waals surface area contributed by atoms with Gasteiger partial charge in [-0.15, -0.1) is 0 Å². The number of hydrogen-bond acceptors (Lipinski definition) is 3. The third kappa shape index (κ3) is 2.69. The van der Waals surface area contributed by atoms with E-state index in [1.165, 1.54) is 0 Å². The molecule has 0 aliphatic carbocycles. The first-order chi connectivity index (χ1) is 6.52. The van der Waals surface area contributed by atoms with Gasteiger partial charge in [0.1, 0.15) is 0 Å². The Morgan fingerprint density at radius 2 is 2.21 bits per heavy atom. The molecule has 1 aliphatic rings. The number of amides is 1. The van der Waals surface area contributed by atoms with Crippen molar-refractivity contribution < 1.29 is 4.79 Å². The summed E-state index contributed by atoms with van der Waals surface area (Å²) in [5.74, 6) is 0.703. The van der Waals surface area contributed by atoms with E-state index in [-0.39, 0.29) is 12.1 Å². The highest BCUT2D eigenvalue weighted by atomic mass is 16.2. The Balaban J connectivity index is 2.49. The van der Waals surface area contributed by atoms with Gasteiger partial charge in [-0.3, -0.25) is 10.1 Å². The summed E-state index contributed by atoms with van der Waals surface area (Å²) in [6, 6.07) is 0. The number of rotatable bonds is 4. The van der Waals surface area contributed by atoms with Crippen molar-refractivity contribution in [2.75, 3.05) is 33.7 Å². The Bertz CT molecular complexity index is 204. The molecule has 1 amide bonds. The normalized spacial score (nSPS) is 22.9. The molecule has 0 spiro atoms. The van der Waals surface area contributed by atoms with Crippen LogP contribution in [0.2, 0.25) is 0 Å². The Morgan fingerprint density at radius 1 is 1.57 bits per heavy atom. The number of hydrogen-bond donors (Lipinski definition) is 1. The fourth-order valence-corrected chi connectivity index (χ4v) is 1.73. The lowest BCUT2D eigenvalue weighted by atomic mass is 10.1. The summed E-state index contributed by atoms with van der Waals surface area (Å²) in [6.45, 7) is 6.52. The number of likely N-dealkylation sites (N-methyl/N-ethyl adjacent to an activating group) is 1. The van der Waals surface area contributed by atoms with Crippen molar-refractivity contribution in [1.29, 1.82) is 0 Å². The molecule has 1 unspecified atom stereocenters. The monoisotopic (exact) mass is 199 g/mol. The smallest absolute Gasteiger partial charge is 0.237 e. The quantitative estimate of drug-likeness (QED) is 0.690. The maximum Gasteiger partial charge on any atom is 0.237 e. The minimum atomic E-state index is 0.224. The molecular formula is C10H21N3O. The lowest BCUT2D eigenvalue weighted by Gasteiger charge is -2.28. The number of nitrogens with zero attached hydrogens (tertiary/aromatic N) is 2. The van der Waals surface area contributed by atoms with E-state index in [4.69, 9.17) is 0 Å². The summed E-state index contributed by atoms with van der Waals surface area (Å²) >= 11 is 0. The summed E-state index contributed by atoms with van der Waals surface area (Å²) in [7, 11) is 4.05. The SMILES string of the molecule is CC(C)C1NCC(=O)N1CCN(C)C. The van der Waals surface area contributed by atoms with E-state index < -0.39 is 0 Å². The molecule has 1 aliphatic heterocycles. The molecule has 1 fully saturated rings. The van der Waals surface area contributed by atoms with Gasteiger partial charge in [0.05, 0.1) is 12.7 Å². The highest BCUT2D eigenvalue weighted by molar-refractivity contribution is 5.80. The zero-order valence-electron chi connectivity index (χ0n) is 9.58. The van der Waals surface area contributed by atoms with Crippen molar-refractivity contribution in [2.24, 2.45) is 5.92 Å². The van der Waals surface area contributed by atoms with Crippen LogP contribution in [0.3, 0.4) is 0 Å². The Morgan fingerprint density at radius 3 is 2.71 bits per heavy atom. The van der Waals surface area contributed by atoms with Crippen LogP contribution in [0, 0.1) is 5.92 Å². The van der Waals surface area contributed by atoms with E-state index in [0.717, 1.165) is 13.1 Å². The first-order valence-corrected chi connectivity index (χ1v) is 5.20. The molecule has 1 heterocycles. The van der Waals surface area contributed by atoms with Crippen LogP contribution in [0.25, 0.3) is 0 Å². The Kier molecular flexibility index (Phi) is 3.89. The first kappa shape index (κ1) is 11.5. The molecule has 0 aromatic rings. The number of carbonyl (C=O) groups is 1. The molecule has 0 radical (unpaired) electrons. The largest absolute Gasteiger partial charge is 0.325 e. The fraction of sp³-hybridized carbons (Fsp3) is 0.900. The van der Waals surface area contributed by atoms with E-state index in [9.17, 15) is 4.79 Å². The predicted molar refractivity (Wildman–Crippen MR) is 56.9 cm³/mol.